The highest BCUT2D eigenvalue weighted by atomic mass is 35.5. The Morgan fingerprint density at radius 3 is 2.27 bits per heavy atom. The summed E-state index contributed by atoms with van der Waals surface area (Å²) in [6, 6.07) is 9.98. The molecule has 4 rings (SSSR count). The van der Waals surface area contributed by atoms with Gasteiger partial charge in [-0.05, 0) is 55.2 Å². The van der Waals surface area contributed by atoms with Gasteiger partial charge in [-0.3, -0.25) is 9.59 Å². The Bertz CT molecular complexity index is 1020. The van der Waals surface area contributed by atoms with Gasteiger partial charge in [-0.15, -0.1) is 23.2 Å². The summed E-state index contributed by atoms with van der Waals surface area (Å²) >= 11 is 31.0. The van der Waals surface area contributed by atoms with Crippen molar-refractivity contribution in [2.75, 3.05) is 5.32 Å². The molecule has 0 spiro atoms. The number of halogens is 5. The van der Waals surface area contributed by atoms with Crippen LogP contribution in [0, 0.1) is 5.92 Å². The van der Waals surface area contributed by atoms with Gasteiger partial charge in [-0.25, -0.2) is 0 Å². The first-order valence-electron chi connectivity index (χ1n) is 9.42. The summed E-state index contributed by atoms with van der Waals surface area (Å²) < 4.78 is -1.27. The summed E-state index contributed by atoms with van der Waals surface area (Å²) in [5.74, 6) is -1.72. The Labute approximate surface area is 199 Å². The number of hydrogen-bond acceptors (Lipinski definition) is 2. The minimum Gasteiger partial charge on any atom is -0.349 e. The SMILES string of the molecule is O=C(NC1CCC1)c1cc(NC(=O)C2C(c3ccc(Cl)c(Cl)c3)C2(Cl)Cl)ccc1Cl. The Balaban J connectivity index is 1.49. The fourth-order valence-electron chi connectivity index (χ4n) is 3.59. The average molecular weight is 507 g/mol. The van der Waals surface area contributed by atoms with E-state index >= 15 is 0 Å². The van der Waals surface area contributed by atoms with Gasteiger partial charge in [0.25, 0.3) is 5.91 Å². The summed E-state index contributed by atoms with van der Waals surface area (Å²) in [5.41, 5.74) is 1.47. The van der Waals surface area contributed by atoms with Gasteiger partial charge in [0, 0.05) is 17.6 Å². The second kappa shape index (κ2) is 8.40. The van der Waals surface area contributed by atoms with E-state index in [1.165, 1.54) is 0 Å². The van der Waals surface area contributed by atoms with Crippen LogP contribution in [0.2, 0.25) is 15.1 Å². The second-order valence-corrected chi connectivity index (χ2v) is 10.3. The van der Waals surface area contributed by atoms with Crippen LogP contribution in [0.4, 0.5) is 5.69 Å². The Hall–Kier alpha value is -1.17. The van der Waals surface area contributed by atoms with Crippen molar-refractivity contribution in [3.05, 3.63) is 62.6 Å². The van der Waals surface area contributed by atoms with Gasteiger partial charge in [0.05, 0.1) is 26.5 Å². The van der Waals surface area contributed by atoms with E-state index in [0.717, 1.165) is 24.8 Å². The molecule has 9 heteroatoms. The van der Waals surface area contributed by atoms with Gasteiger partial charge in [0.15, 0.2) is 0 Å². The van der Waals surface area contributed by atoms with E-state index in [4.69, 9.17) is 58.0 Å². The Morgan fingerprint density at radius 1 is 0.933 bits per heavy atom. The van der Waals surface area contributed by atoms with E-state index in [-0.39, 0.29) is 17.9 Å². The molecule has 2 aliphatic rings. The summed E-state index contributed by atoms with van der Waals surface area (Å²) in [7, 11) is 0. The maximum Gasteiger partial charge on any atom is 0.253 e. The van der Waals surface area contributed by atoms with Crippen molar-refractivity contribution in [1.82, 2.24) is 5.32 Å². The number of carbonyl (C=O) groups is 2. The molecule has 2 saturated carbocycles. The molecule has 0 saturated heterocycles. The average Bonchev–Trinajstić information content (AvgIpc) is 3.24. The maximum absolute atomic E-state index is 12.9. The monoisotopic (exact) mass is 504 g/mol. The van der Waals surface area contributed by atoms with Crippen LogP contribution in [-0.4, -0.2) is 22.2 Å². The molecule has 2 unspecified atom stereocenters. The van der Waals surface area contributed by atoms with Crippen molar-refractivity contribution < 1.29 is 9.59 Å². The molecule has 4 nitrogen and oxygen atoms in total. The highest BCUT2D eigenvalue weighted by Gasteiger charge is 2.67. The predicted octanol–water partition coefficient (Wildman–Crippen LogP) is 6.46. The molecule has 0 aromatic heterocycles. The topological polar surface area (TPSA) is 58.2 Å². The van der Waals surface area contributed by atoms with Crippen molar-refractivity contribution in [1.29, 1.82) is 0 Å². The number of nitrogens with one attached hydrogen (secondary N) is 2. The van der Waals surface area contributed by atoms with Crippen molar-refractivity contribution >= 4 is 75.5 Å². The standard InChI is InChI=1S/C21H17Cl5N2O2/c22-14-7-5-12(9-13(14)19(29)27-11-2-1-3-11)28-20(30)18-17(21(18,25)26)10-4-6-15(23)16(24)8-10/h4-9,11,17-18H,1-3H2,(H,27,29)(H,28,30). The molecule has 0 aliphatic heterocycles. The molecular weight excluding hydrogens is 490 g/mol. The van der Waals surface area contributed by atoms with Crippen molar-refractivity contribution in [3.8, 4) is 0 Å². The highest BCUT2D eigenvalue weighted by molar-refractivity contribution is 6.53. The number of amides is 2. The van der Waals surface area contributed by atoms with E-state index in [1.54, 1.807) is 36.4 Å². The fourth-order valence-corrected chi connectivity index (χ4v) is 4.92. The molecule has 0 bridgehead atoms. The first kappa shape index (κ1) is 22.0. The number of anilines is 1. The zero-order valence-electron chi connectivity index (χ0n) is 15.5. The summed E-state index contributed by atoms with van der Waals surface area (Å²) in [5, 5.41) is 6.81. The van der Waals surface area contributed by atoms with Crippen LogP contribution in [-0.2, 0) is 4.79 Å². The molecule has 2 aromatic carbocycles. The molecule has 2 aromatic rings. The first-order valence-corrected chi connectivity index (χ1v) is 11.3. The van der Waals surface area contributed by atoms with Crippen LogP contribution in [0.5, 0.6) is 0 Å². The largest absolute Gasteiger partial charge is 0.349 e. The van der Waals surface area contributed by atoms with E-state index < -0.39 is 16.2 Å². The maximum atomic E-state index is 12.9. The van der Waals surface area contributed by atoms with Crippen LogP contribution < -0.4 is 10.6 Å². The minimum atomic E-state index is -1.27. The highest BCUT2D eigenvalue weighted by Crippen LogP contribution is 2.65. The molecule has 0 radical (unpaired) electrons. The van der Waals surface area contributed by atoms with Gasteiger partial charge < -0.3 is 10.6 Å². The van der Waals surface area contributed by atoms with Gasteiger partial charge in [0.1, 0.15) is 4.33 Å². The number of hydrogen-bond donors (Lipinski definition) is 2. The first-order chi connectivity index (χ1) is 14.2. The molecule has 0 heterocycles. The fraction of sp³-hybridized carbons (Fsp3) is 0.333. The minimum absolute atomic E-state index is 0.179. The predicted molar refractivity (Wildman–Crippen MR) is 122 cm³/mol. The van der Waals surface area contributed by atoms with E-state index in [2.05, 4.69) is 10.6 Å². The van der Waals surface area contributed by atoms with Crippen LogP contribution in [0.25, 0.3) is 0 Å². The van der Waals surface area contributed by atoms with E-state index in [0.29, 0.717) is 26.3 Å². The number of benzene rings is 2. The smallest absolute Gasteiger partial charge is 0.253 e. The van der Waals surface area contributed by atoms with Crippen LogP contribution in [0.3, 0.4) is 0 Å². The molecule has 2 atom stereocenters. The quantitative estimate of drug-likeness (QED) is 0.458. The van der Waals surface area contributed by atoms with Gasteiger partial charge in [0.2, 0.25) is 5.91 Å². The third-order valence-electron chi connectivity index (χ3n) is 5.56. The Kier molecular flexibility index (Phi) is 6.17. The normalized spacial score (nSPS) is 22.2. The zero-order chi connectivity index (χ0) is 21.6. The summed E-state index contributed by atoms with van der Waals surface area (Å²) in [4.78, 5) is 25.3. The van der Waals surface area contributed by atoms with Crippen LogP contribution in [0.1, 0.15) is 41.1 Å². The molecule has 2 fully saturated rings. The molecule has 2 amide bonds. The van der Waals surface area contributed by atoms with Gasteiger partial charge in [-0.2, -0.15) is 0 Å². The molecule has 2 N–H and O–H groups in total. The number of rotatable bonds is 5. The third-order valence-corrected chi connectivity index (χ3v) is 7.57. The van der Waals surface area contributed by atoms with Gasteiger partial charge >= 0.3 is 0 Å². The van der Waals surface area contributed by atoms with Gasteiger partial charge in [-0.1, -0.05) is 40.9 Å². The zero-order valence-corrected chi connectivity index (χ0v) is 19.3. The van der Waals surface area contributed by atoms with E-state index in [9.17, 15) is 9.59 Å². The van der Waals surface area contributed by atoms with Crippen LogP contribution in [0.15, 0.2) is 36.4 Å². The number of carbonyl (C=O) groups excluding carboxylic acids is 2. The lowest BCUT2D eigenvalue weighted by molar-refractivity contribution is -0.117. The lowest BCUT2D eigenvalue weighted by Crippen LogP contribution is -2.39. The Morgan fingerprint density at radius 2 is 1.63 bits per heavy atom. The lowest BCUT2D eigenvalue weighted by atomic mass is 9.93. The summed E-state index contributed by atoms with van der Waals surface area (Å²) in [6.45, 7) is 0. The van der Waals surface area contributed by atoms with Crippen LogP contribution >= 0.6 is 58.0 Å². The third kappa shape index (κ3) is 4.26. The molecule has 2 aliphatic carbocycles. The van der Waals surface area contributed by atoms with Crippen molar-refractivity contribution in [2.24, 2.45) is 5.92 Å². The molecular formula is C21H17Cl5N2O2. The lowest BCUT2D eigenvalue weighted by Gasteiger charge is -2.26. The molecule has 158 valence electrons. The summed E-state index contributed by atoms with van der Waals surface area (Å²) in [6.07, 6.45) is 3.03. The van der Waals surface area contributed by atoms with Crippen molar-refractivity contribution in [3.63, 3.8) is 0 Å². The second-order valence-electron chi connectivity index (χ2n) is 7.59. The van der Waals surface area contributed by atoms with E-state index in [1.807, 2.05) is 0 Å². The van der Waals surface area contributed by atoms with Crippen molar-refractivity contribution in [2.45, 2.75) is 35.6 Å². The molecule has 30 heavy (non-hydrogen) atoms. The number of alkyl halides is 2.